The lowest BCUT2D eigenvalue weighted by Gasteiger charge is -2.32. The van der Waals surface area contributed by atoms with Crippen LogP contribution >= 0.6 is 0 Å². The van der Waals surface area contributed by atoms with Crippen molar-refractivity contribution in [2.24, 2.45) is 0 Å². The molecular weight excluding hydrogens is 1400 g/mol. The Morgan fingerprint density at radius 2 is 0.845 bits per heavy atom. The van der Waals surface area contributed by atoms with Gasteiger partial charge in [-0.2, -0.15) is 0 Å². The van der Waals surface area contributed by atoms with Gasteiger partial charge in [0.25, 0.3) is 5.91 Å². The van der Waals surface area contributed by atoms with E-state index in [2.05, 4.69) is 122 Å². The molecule has 6 aromatic heterocycles. The minimum absolute atomic E-state index is 0.102. The highest BCUT2D eigenvalue weighted by molar-refractivity contribution is 5.93. The maximum Gasteiger partial charge on any atom is 0.410 e. The van der Waals surface area contributed by atoms with E-state index in [-0.39, 0.29) is 42.4 Å². The molecule has 0 radical (unpaired) electrons. The van der Waals surface area contributed by atoms with Gasteiger partial charge in [-0.1, -0.05) is 0 Å². The van der Waals surface area contributed by atoms with Crippen molar-refractivity contribution < 1.29 is 42.7 Å². The third kappa shape index (κ3) is 19.3. The van der Waals surface area contributed by atoms with Crippen LogP contribution in [0.5, 0.6) is 17.2 Å². The molecule has 30 nitrogen and oxygen atoms in total. The number of ether oxygens (including phenoxy) is 7. The summed E-state index contributed by atoms with van der Waals surface area (Å²) in [5.41, 5.74) is 12.6. The molecule has 3 saturated heterocycles. The SMILES string of the molecule is CC(C)(C)OC(=O)N1CCc2cnc(NC3CCC(Oc4cc(N5CCOCC5)cc5nccnc45)CC3)nc2C1.CN(C)C(=O)c1cnc(NC2CCC(Oc3cc(N4CCOCC4)cc4nccnc34)CC2)nc1.c1cnc2c(OC3CCC(Nc4ncc5c(n4)CNCC5)CC3)cc(N3CCOCC3)cc2n1. The van der Waals surface area contributed by atoms with Crippen LogP contribution in [0.3, 0.4) is 0 Å². The molecule has 30 heteroatoms. The van der Waals surface area contributed by atoms with E-state index >= 15 is 0 Å². The quantitative estimate of drug-likeness (QED) is 0.0699. The van der Waals surface area contributed by atoms with E-state index in [0.29, 0.717) is 36.6 Å². The van der Waals surface area contributed by atoms with E-state index in [4.69, 9.17) is 43.1 Å². The van der Waals surface area contributed by atoms with Crippen LogP contribution in [0.4, 0.5) is 39.7 Å². The smallest absolute Gasteiger partial charge is 0.410 e. The molecule has 3 aliphatic carbocycles. The Morgan fingerprint density at radius 1 is 0.464 bits per heavy atom. The molecule has 0 spiro atoms. The molecule has 9 aromatic rings. The molecule has 580 valence electrons. The lowest BCUT2D eigenvalue weighted by Crippen LogP contribution is -2.40. The normalized spacial score (nSPS) is 21.5. The van der Waals surface area contributed by atoms with Gasteiger partial charge < -0.3 is 78.9 Å². The van der Waals surface area contributed by atoms with Crippen molar-refractivity contribution in [1.29, 1.82) is 0 Å². The first-order valence-electron chi connectivity index (χ1n) is 39.1. The molecule has 6 fully saturated rings. The van der Waals surface area contributed by atoms with Crippen LogP contribution in [-0.4, -0.2) is 230 Å². The van der Waals surface area contributed by atoms with E-state index in [1.807, 2.05) is 33.2 Å². The van der Waals surface area contributed by atoms with Crippen LogP contribution in [0.1, 0.15) is 131 Å². The highest BCUT2D eigenvalue weighted by Crippen LogP contribution is 2.38. The van der Waals surface area contributed by atoms with E-state index in [1.165, 1.54) is 10.5 Å². The van der Waals surface area contributed by atoms with Crippen LogP contribution in [0.15, 0.2) is 98.4 Å². The number of aromatic nitrogens is 12. The van der Waals surface area contributed by atoms with Crippen LogP contribution in [0, 0.1) is 0 Å². The number of hydrogen-bond donors (Lipinski definition) is 4. The molecule has 2 amide bonds. The van der Waals surface area contributed by atoms with Crippen LogP contribution in [0.25, 0.3) is 33.1 Å². The molecule has 4 N–H and O–H groups in total. The highest BCUT2D eigenvalue weighted by atomic mass is 16.6. The van der Waals surface area contributed by atoms with Crippen molar-refractivity contribution in [2.75, 3.05) is 137 Å². The second-order valence-corrected chi connectivity index (χ2v) is 30.5. The average Bonchev–Trinajstić information content (AvgIpc) is 0.784. The third-order valence-corrected chi connectivity index (χ3v) is 21.3. The zero-order chi connectivity index (χ0) is 75.3. The van der Waals surface area contributed by atoms with Crippen LogP contribution in [0.2, 0.25) is 0 Å². The van der Waals surface area contributed by atoms with Crippen molar-refractivity contribution in [3.8, 4) is 17.2 Å². The Morgan fingerprint density at radius 3 is 1.25 bits per heavy atom. The van der Waals surface area contributed by atoms with Crippen molar-refractivity contribution in [1.82, 2.24) is 74.9 Å². The van der Waals surface area contributed by atoms with Gasteiger partial charge in [-0.05, 0) is 147 Å². The molecule has 8 aliphatic rings. The number of morpholine rings is 3. The molecular formula is C80H101N21O9. The number of hydrogen-bond acceptors (Lipinski definition) is 28. The fraction of sp³-hybridized carbons (Fsp3) is 0.525. The van der Waals surface area contributed by atoms with Crippen molar-refractivity contribution in [3.63, 3.8) is 0 Å². The predicted molar refractivity (Wildman–Crippen MR) is 418 cm³/mol. The van der Waals surface area contributed by atoms with E-state index in [1.54, 1.807) is 68.6 Å². The number of fused-ring (bicyclic) bond motifs is 5. The number of anilines is 6. The Bertz CT molecular complexity index is 4590. The largest absolute Gasteiger partial charge is 0.488 e. The number of amides is 2. The van der Waals surface area contributed by atoms with Gasteiger partial charge >= 0.3 is 6.09 Å². The summed E-state index contributed by atoms with van der Waals surface area (Å²) < 4.78 is 41.7. The Kier molecular flexibility index (Phi) is 24.0. The summed E-state index contributed by atoms with van der Waals surface area (Å²) in [6.45, 7) is 18.1. The van der Waals surface area contributed by atoms with Crippen molar-refractivity contribution in [2.45, 2.75) is 166 Å². The van der Waals surface area contributed by atoms with Crippen LogP contribution < -0.4 is 50.2 Å². The van der Waals surface area contributed by atoms with Gasteiger partial charge in [0.15, 0.2) is 0 Å². The summed E-state index contributed by atoms with van der Waals surface area (Å²) in [5, 5.41) is 13.9. The molecule has 11 heterocycles. The van der Waals surface area contributed by atoms with E-state index < -0.39 is 5.60 Å². The molecule has 5 aliphatic heterocycles. The van der Waals surface area contributed by atoms with Gasteiger partial charge in [0.2, 0.25) is 17.8 Å². The van der Waals surface area contributed by atoms with Gasteiger partial charge in [-0.3, -0.25) is 19.7 Å². The molecule has 0 bridgehead atoms. The molecule has 3 aromatic carbocycles. The summed E-state index contributed by atoms with van der Waals surface area (Å²) >= 11 is 0. The van der Waals surface area contributed by atoms with Gasteiger partial charge in [-0.25, -0.2) is 49.7 Å². The number of nitrogens with one attached hydrogen (secondary N) is 4. The monoisotopic (exact) mass is 1500 g/mol. The van der Waals surface area contributed by atoms with Crippen LogP contribution in [-0.2, 0) is 44.9 Å². The van der Waals surface area contributed by atoms with Gasteiger partial charge in [0.05, 0.1) is 98.0 Å². The Hall–Kier alpha value is -10.3. The maximum atomic E-state index is 12.6. The zero-order valence-electron chi connectivity index (χ0n) is 63.7. The average molecular weight is 1500 g/mol. The first kappa shape index (κ1) is 75.1. The number of carbonyl (C=O) groups excluding carboxylic acids is 2. The van der Waals surface area contributed by atoms with Gasteiger partial charge in [0, 0.05) is 182 Å². The molecule has 3 saturated carbocycles. The lowest BCUT2D eigenvalue weighted by molar-refractivity contribution is 0.0220. The van der Waals surface area contributed by atoms with Gasteiger partial charge in [-0.15, -0.1) is 0 Å². The summed E-state index contributed by atoms with van der Waals surface area (Å²) in [5.74, 6) is 4.20. The minimum Gasteiger partial charge on any atom is -0.488 e. The summed E-state index contributed by atoms with van der Waals surface area (Å²) in [6, 6.07) is 13.5. The maximum absolute atomic E-state index is 12.6. The fourth-order valence-electron chi connectivity index (χ4n) is 15.4. The molecule has 0 unspecified atom stereocenters. The lowest BCUT2D eigenvalue weighted by atomic mass is 9.93. The number of rotatable bonds is 16. The van der Waals surface area contributed by atoms with E-state index in [9.17, 15) is 9.59 Å². The first-order chi connectivity index (χ1) is 53.7. The highest BCUT2D eigenvalue weighted by Gasteiger charge is 2.32. The van der Waals surface area contributed by atoms with Crippen molar-refractivity contribution >= 4 is 80.0 Å². The second kappa shape index (κ2) is 35.2. The summed E-state index contributed by atoms with van der Waals surface area (Å²) in [4.78, 5) is 89.4. The minimum atomic E-state index is -0.523. The Labute approximate surface area is 641 Å². The number of carbonyl (C=O) groups is 2. The summed E-state index contributed by atoms with van der Waals surface area (Å²) in [6.07, 6.45) is 30.6. The second-order valence-electron chi connectivity index (χ2n) is 30.5. The molecule has 110 heavy (non-hydrogen) atoms. The predicted octanol–water partition coefficient (Wildman–Crippen LogP) is 9.82. The first-order valence-corrected chi connectivity index (χ1v) is 39.1. The standard InChI is InChI=1S/C30H39N7O4.C25H31N7O3.C25H31N7O2/c1-30(2,3)41-29(38)37-11-8-20-18-33-28(35-25(20)19-37)34-21-4-6-23(7-5-21)40-26-17-22(36-12-14-39-15-13-36)16-24-27(26)32-10-9-31-24;1-31(2)24(33)17-15-28-25(29-16-17)30-18-3-5-20(6-4-18)35-22-14-19(32-9-11-34-12-10-32)13-21-23(22)27-8-7-26-21;1-3-20(4-2-18(1)30-25-29-15-17-5-6-26-16-22(17)31-25)34-23-14-19(32-9-11-33-12-10-32)13-21-24(23)28-8-7-27-21/h9-10,16-18,21,23H,4-8,11-15,19H2,1-3H3,(H,33,34,35);7-8,13-16,18,20H,3-6,9-12H2,1-2H3,(H,28,29,30);7-8,13-15,18,20,26H,1-6,9-12,16H2,(H,29,30,31). The topological polar surface area (TPSA) is 318 Å². The zero-order valence-corrected chi connectivity index (χ0v) is 63.7. The number of nitrogens with zero attached hydrogens (tertiary/aromatic N) is 17. The summed E-state index contributed by atoms with van der Waals surface area (Å²) in [7, 11) is 3.42. The third-order valence-electron chi connectivity index (χ3n) is 21.3. The molecule has 0 atom stereocenters. The van der Waals surface area contributed by atoms with Gasteiger partial charge in [0.1, 0.15) is 39.4 Å². The Balaban J connectivity index is 0.000000132. The van der Waals surface area contributed by atoms with E-state index in [0.717, 1.165) is 272 Å². The van der Waals surface area contributed by atoms with Crippen molar-refractivity contribution in [3.05, 3.63) is 126 Å². The number of benzene rings is 3. The molecule has 17 rings (SSSR count). The fourth-order valence-corrected chi connectivity index (χ4v) is 15.4.